The number of methoxy groups -OCH3 is 1. The molecule has 0 aromatic heterocycles. The minimum absolute atomic E-state index is 0.315. The molecule has 0 heterocycles. The van der Waals surface area contributed by atoms with Gasteiger partial charge in [-0.25, -0.2) is 0 Å². The van der Waals surface area contributed by atoms with E-state index in [-0.39, 0.29) is 0 Å². The third kappa shape index (κ3) is 5.95. The van der Waals surface area contributed by atoms with Crippen molar-refractivity contribution in [3.63, 3.8) is 0 Å². The van der Waals surface area contributed by atoms with E-state index in [0.717, 1.165) is 27.9 Å². The molecule has 0 saturated carbocycles. The fraction of sp³-hybridized carbons (Fsp3) is 0.429. The first kappa shape index (κ1) is 16.5. The van der Waals surface area contributed by atoms with Gasteiger partial charge in [-0.2, -0.15) is 0 Å². The zero-order valence-electron chi connectivity index (χ0n) is 11.3. The monoisotopic (exact) mass is 347 g/mol. The number of hydrogen-bond acceptors (Lipinski definition) is 3. The number of rotatable bonds is 8. The molecule has 0 unspecified atom stereocenters. The van der Waals surface area contributed by atoms with Crippen LogP contribution in [0.25, 0.3) is 0 Å². The fourth-order valence-corrected chi connectivity index (χ4v) is 2.36. The van der Waals surface area contributed by atoms with E-state index in [9.17, 15) is 0 Å². The molecule has 1 rings (SSSR count). The van der Waals surface area contributed by atoms with Crippen molar-refractivity contribution in [1.29, 1.82) is 0 Å². The van der Waals surface area contributed by atoms with Crippen LogP contribution in [0.2, 0.25) is 0 Å². The predicted octanol–water partition coefficient (Wildman–Crippen LogP) is 3.62. The zero-order valence-corrected chi connectivity index (χ0v) is 13.6. The first-order valence-corrected chi connectivity index (χ1v) is 7.16. The summed E-state index contributed by atoms with van der Waals surface area (Å²) < 4.78 is 11.8. The van der Waals surface area contributed by atoms with Gasteiger partial charge in [0.15, 0.2) is 0 Å². The van der Waals surface area contributed by atoms with Crippen molar-refractivity contribution in [2.45, 2.75) is 13.5 Å². The van der Waals surface area contributed by atoms with Crippen molar-refractivity contribution < 1.29 is 9.47 Å². The topological polar surface area (TPSA) is 30.5 Å². The van der Waals surface area contributed by atoms with Crippen molar-refractivity contribution in [2.24, 2.45) is 0 Å². The second-order valence-electron chi connectivity index (χ2n) is 4.19. The van der Waals surface area contributed by atoms with Crippen LogP contribution in [-0.2, 0) is 11.3 Å². The summed E-state index contributed by atoms with van der Waals surface area (Å²) in [5.41, 5.74) is 2.15. The van der Waals surface area contributed by atoms with Gasteiger partial charge in [-0.15, -0.1) is 0 Å². The molecule has 5 heteroatoms. The molecule has 0 atom stereocenters. The van der Waals surface area contributed by atoms with E-state index < -0.39 is 0 Å². The fourth-order valence-electron chi connectivity index (χ4n) is 1.68. The van der Waals surface area contributed by atoms with Crippen LogP contribution < -0.4 is 10.1 Å². The molecule has 0 aliphatic heterocycles. The molecule has 0 saturated heterocycles. The van der Waals surface area contributed by atoms with Gasteiger partial charge in [0.25, 0.3) is 0 Å². The highest BCUT2D eigenvalue weighted by Gasteiger charge is 2.09. The van der Waals surface area contributed by atoms with E-state index in [1.807, 2.05) is 19.1 Å². The minimum atomic E-state index is 0.315. The van der Waals surface area contributed by atoms with Gasteiger partial charge in [0.05, 0.1) is 6.61 Å². The molecule has 0 amide bonds. The number of ether oxygens (including phenoxy) is 2. The molecule has 0 radical (unpaired) electrons. The smallest absolute Gasteiger partial charge is 0.127 e. The van der Waals surface area contributed by atoms with E-state index in [2.05, 4.69) is 27.8 Å². The zero-order chi connectivity index (χ0) is 14.3. The van der Waals surface area contributed by atoms with E-state index in [1.54, 1.807) is 7.11 Å². The molecule has 106 valence electrons. The third-order valence-corrected chi connectivity index (χ3v) is 3.05. The normalized spacial score (nSPS) is 10.5. The van der Waals surface area contributed by atoms with Gasteiger partial charge in [-0.05, 0) is 24.6 Å². The van der Waals surface area contributed by atoms with E-state index in [0.29, 0.717) is 24.8 Å². The summed E-state index contributed by atoms with van der Waals surface area (Å²) in [4.78, 5) is 0. The quantitative estimate of drug-likeness (QED) is 0.728. The summed E-state index contributed by atoms with van der Waals surface area (Å²) in [7, 11) is 1.69. The molecule has 1 aromatic carbocycles. The Kier molecular flexibility index (Phi) is 7.46. The van der Waals surface area contributed by atoms with Gasteiger partial charge < -0.3 is 14.8 Å². The number of aryl methyl sites for hydroxylation is 1. The largest absolute Gasteiger partial charge is 0.487 e. The number of halogens is 2. The van der Waals surface area contributed by atoms with Crippen LogP contribution in [0.5, 0.6) is 5.75 Å². The third-order valence-electron chi connectivity index (χ3n) is 2.49. The first-order chi connectivity index (χ1) is 9.04. The van der Waals surface area contributed by atoms with Gasteiger partial charge in [-0.1, -0.05) is 34.1 Å². The molecule has 0 aliphatic carbocycles. The molecule has 1 aromatic rings. The lowest BCUT2D eigenvalue weighted by Gasteiger charge is -2.15. The van der Waals surface area contributed by atoms with Crippen LogP contribution in [0.15, 0.2) is 28.2 Å². The first-order valence-electron chi connectivity index (χ1n) is 5.99. The second-order valence-corrected chi connectivity index (χ2v) is 5.64. The van der Waals surface area contributed by atoms with Crippen molar-refractivity contribution in [3.8, 4) is 5.75 Å². The van der Waals surface area contributed by atoms with Crippen LogP contribution in [0.3, 0.4) is 0 Å². The molecule has 0 bridgehead atoms. The number of nitrogens with one attached hydrogen (secondary N) is 1. The lowest BCUT2D eigenvalue weighted by molar-refractivity contribution is 0.199. The Morgan fingerprint density at radius 1 is 1.47 bits per heavy atom. The summed E-state index contributed by atoms with van der Waals surface area (Å²) in [5.74, 6) is 0.856. The summed E-state index contributed by atoms with van der Waals surface area (Å²) in [6.07, 6.45) is 0. The Bertz CT molecular complexity index is 438. The average Bonchev–Trinajstić information content (AvgIpc) is 2.33. The molecule has 0 aliphatic rings. The van der Waals surface area contributed by atoms with E-state index in [1.165, 1.54) is 0 Å². The average molecular weight is 349 g/mol. The van der Waals surface area contributed by atoms with Gasteiger partial charge in [-0.3, -0.25) is 0 Å². The van der Waals surface area contributed by atoms with E-state index >= 15 is 0 Å². The lowest BCUT2D eigenvalue weighted by Crippen LogP contribution is -2.19. The second kappa shape index (κ2) is 8.59. The van der Waals surface area contributed by atoms with Crippen molar-refractivity contribution >= 4 is 27.5 Å². The van der Waals surface area contributed by atoms with Gasteiger partial charge in [0.1, 0.15) is 12.4 Å². The maximum absolute atomic E-state index is 5.75. The SMILES string of the molecule is C=C(Cl)COc1c(C)cc(Br)cc1CNCCOC. The maximum atomic E-state index is 5.75. The Morgan fingerprint density at radius 2 is 2.21 bits per heavy atom. The Hall–Kier alpha value is -0.550. The number of hydrogen-bond donors (Lipinski definition) is 1. The molecule has 1 N–H and O–H groups in total. The van der Waals surface area contributed by atoms with Gasteiger partial charge >= 0.3 is 0 Å². The predicted molar refractivity (Wildman–Crippen MR) is 82.9 cm³/mol. The number of benzene rings is 1. The van der Waals surface area contributed by atoms with Crippen LogP contribution in [0.4, 0.5) is 0 Å². The lowest BCUT2D eigenvalue weighted by atomic mass is 10.1. The molecule has 3 nitrogen and oxygen atoms in total. The summed E-state index contributed by atoms with van der Waals surface area (Å²) in [6.45, 7) is 8.15. The van der Waals surface area contributed by atoms with E-state index in [4.69, 9.17) is 21.1 Å². The van der Waals surface area contributed by atoms with Crippen molar-refractivity contribution in [1.82, 2.24) is 5.32 Å². The standard InChI is InChI=1S/C14H19BrClNO2/c1-10-6-13(15)7-12(8-17-4-5-18-3)14(10)19-9-11(2)16/h6-7,17H,2,4-5,8-9H2,1,3H3. The summed E-state index contributed by atoms with van der Waals surface area (Å²) >= 11 is 9.25. The van der Waals surface area contributed by atoms with Crippen LogP contribution in [0.1, 0.15) is 11.1 Å². The molecular weight excluding hydrogens is 330 g/mol. The Morgan fingerprint density at radius 3 is 2.84 bits per heavy atom. The van der Waals surface area contributed by atoms with Crippen LogP contribution in [0, 0.1) is 6.92 Å². The molecule has 0 fully saturated rings. The van der Waals surface area contributed by atoms with Gasteiger partial charge in [0, 0.05) is 35.3 Å². The highest BCUT2D eigenvalue weighted by Crippen LogP contribution is 2.28. The van der Waals surface area contributed by atoms with Crippen LogP contribution in [-0.4, -0.2) is 26.9 Å². The summed E-state index contributed by atoms with van der Waals surface area (Å²) in [5, 5.41) is 3.79. The molecular formula is C14H19BrClNO2. The Balaban J connectivity index is 2.77. The molecule has 0 spiro atoms. The van der Waals surface area contributed by atoms with Crippen molar-refractivity contribution in [2.75, 3.05) is 26.9 Å². The highest BCUT2D eigenvalue weighted by molar-refractivity contribution is 9.10. The maximum Gasteiger partial charge on any atom is 0.127 e. The van der Waals surface area contributed by atoms with Crippen LogP contribution >= 0.6 is 27.5 Å². The summed E-state index contributed by atoms with van der Waals surface area (Å²) in [6, 6.07) is 4.06. The van der Waals surface area contributed by atoms with Crippen molar-refractivity contribution in [3.05, 3.63) is 39.3 Å². The van der Waals surface area contributed by atoms with Gasteiger partial charge in [0.2, 0.25) is 0 Å². The molecule has 19 heavy (non-hydrogen) atoms. The Labute approximate surface area is 128 Å². The highest BCUT2D eigenvalue weighted by atomic mass is 79.9. The minimum Gasteiger partial charge on any atom is -0.487 e.